The van der Waals surface area contributed by atoms with Crippen molar-refractivity contribution in [3.8, 4) is 6.07 Å². The zero-order valence-electron chi connectivity index (χ0n) is 14.2. The highest BCUT2D eigenvalue weighted by molar-refractivity contribution is 6.43. The minimum Gasteiger partial charge on any atom is -0.346 e. The van der Waals surface area contributed by atoms with E-state index < -0.39 is 5.91 Å². The molecule has 1 aromatic rings. The number of ketones is 1. The van der Waals surface area contributed by atoms with Crippen LogP contribution in [-0.4, -0.2) is 40.5 Å². The number of aliphatic imine (C=N–C) groups is 1. The molecule has 7 heteroatoms. The van der Waals surface area contributed by atoms with Gasteiger partial charge < -0.3 is 10.3 Å². The standard InChI is InChI=1S/C18H21N5O2/c1-13(24)16(21-11-14-6-3-2-4-7-14)8-5-9-20-18(25)17-22-12-15(10-19)23-17/h5-6,8,12H,2-4,7,9,11H2,1H3,(H,20,25)(H,22,23)/b8-5-,21-16+. The summed E-state index contributed by atoms with van der Waals surface area (Å²) < 4.78 is 0. The third-order valence-corrected chi connectivity index (χ3v) is 3.77. The van der Waals surface area contributed by atoms with Crippen LogP contribution in [0.15, 0.2) is 35.0 Å². The highest BCUT2D eigenvalue weighted by Crippen LogP contribution is 2.17. The number of Topliss-reactive ketones (excluding diaryl/α,β-unsaturated/α-hetero) is 1. The summed E-state index contributed by atoms with van der Waals surface area (Å²) in [6, 6.07) is 1.87. The highest BCUT2D eigenvalue weighted by atomic mass is 16.2. The molecule has 0 saturated heterocycles. The van der Waals surface area contributed by atoms with Gasteiger partial charge in [0, 0.05) is 13.5 Å². The summed E-state index contributed by atoms with van der Waals surface area (Å²) in [6.07, 6.45) is 11.3. The Morgan fingerprint density at radius 1 is 1.48 bits per heavy atom. The van der Waals surface area contributed by atoms with Gasteiger partial charge in [-0.05, 0) is 31.8 Å². The molecule has 0 radical (unpaired) electrons. The third kappa shape index (κ3) is 5.84. The van der Waals surface area contributed by atoms with Gasteiger partial charge in [-0.15, -0.1) is 0 Å². The van der Waals surface area contributed by atoms with Crippen LogP contribution < -0.4 is 5.32 Å². The number of nitrogens with zero attached hydrogens (tertiary/aromatic N) is 3. The van der Waals surface area contributed by atoms with E-state index in [2.05, 4.69) is 26.4 Å². The number of aromatic amines is 1. The maximum Gasteiger partial charge on any atom is 0.287 e. The van der Waals surface area contributed by atoms with Gasteiger partial charge in [0.1, 0.15) is 17.5 Å². The van der Waals surface area contributed by atoms with Crippen LogP contribution in [-0.2, 0) is 4.79 Å². The van der Waals surface area contributed by atoms with Crippen LogP contribution in [0.5, 0.6) is 0 Å². The Balaban J connectivity index is 1.86. The van der Waals surface area contributed by atoms with Crippen LogP contribution in [0.25, 0.3) is 0 Å². The van der Waals surface area contributed by atoms with Gasteiger partial charge in [-0.25, -0.2) is 4.98 Å². The van der Waals surface area contributed by atoms with Crippen molar-refractivity contribution in [2.75, 3.05) is 13.1 Å². The second-order valence-corrected chi connectivity index (χ2v) is 5.74. The number of aromatic nitrogens is 2. The molecule has 0 aromatic carbocycles. The number of hydrogen-bond acceptors (Lipinski definition) is 5. The number of carbonyl (C=O) groups is 2. The summed E-state index contributed by atoms with van der Waals surface area (Å²) in [5, 5.41) is 11.3. The van der Waals surface area contributed by atoms with E-state index in [9.17, 15) is 9.59 Å². The number of carbonyl (C=O) groups excluding carboxylic acids is 2. The fourth-order valence-corrected chi connectivity index (χ4v) is 2.42. The number of rotatable bonds is 7. The first kappa shape index (κ1) is 18.3. The molecule has 2 N–H and O–H groups in total. The zero-order chi connectivity index (χ0) is 18.1. The first-order valence-electron chi connectivity index (χ1n) is 8.23. The van der Waals surface area contributed by atoms with Crippen molar-refractivity contribution in [1.82, 2.24) is 15.3 Å². The molecule has 1 aliphatic carbocycles. The van der Waals surface area contributed by atoms with Crippen molar-refractivity contribution in [2.24, 2.45) is 4.99 Å². The van der Waals surface area contributed by atoms with E-state index in [1.165, 1.54) is 31.5 Å². The van der Waals surface area contributed by atoms with Crippen LogP contribution in [0.1, 0.15) is 48.9 Å². The molecule has 130 valence electrons. The normalized spacial score (nSPS) is 14.9. The molecular formula is C18H21N5O2. The van der Waals surface area contributed by atoms with Crippen LogP contribution in [0.4, 0.5) is 0 Å². The molecule has 0 unspecified atom stereocenters. The van der Waals surface area contributed by atoms with Crippen LogP contribution in [0.3, 0.4) is 0 Å². The van der Waals surface area contributed by atoms with Gasteiger partial charge in [0.15, 0.2) is 11.6 Å². The predicted octanol–water partition coefficient (Wildman–Crippen LogP) is 2.10. The molecule has 0 fully saturated rings. The third-order valence-electron chi connectivity index (χ3n) is 3.77. The number of allylic oxidation sites excluding steroid dienone is 2. The molecule has 0 aliphatic heterocycles. The first-order chi connectivity index (χ1) is 12.1. The van der Waals surface area contributed by atoms with E-state index in [1.807, 2.05) is 6.07 Å². The number of nitriles is 1. The van der Waals surface area contributed by atoms with Gasteiger partial charge in [0.25, 0.3) is 5.91 Å². The second kappa shape index (κ2) is 9.33. The Morgan fingerprint density at radius 2 is 2.32 bits per heavy atom. The van der Waals surface area contributed by atoms with Crippen molar-refractivity contribution < 1.29 is 9.59 Å². The average molecular weight is 339 g/mol. The minimum atomic E-state index is -0.417. The Morgan fingerprint density at radius 3 is 2.96 bits per heavy atom. The second-order valence-electron chi connectivity index (χ2n) is 5.74. The molecule has 0 saturated carbocycles. The molecule has 0 atom stereocenters. The van der Waals surface area contributed by atoms with Crippen molar-refractivity contribution >= 4 is 17.4 Å². The lowest BCUT2D eigenvalue weighted by Crippen LogP contribution is -2.24. The molecule has 1 amide bonds. The van der Waals surface area contributed by atoms with Crippen molar-refractivity contribution in [3.63, 3.8) is 0 Å². The van der Waals surface area contributed by atoms with E-state index in [0.717, 1.165) is 12.8 Å². The minimum absolute atomic E-state index is 0.0784. The smallest absolute Gasteiger partial charge is 0.287 e. The monoisotopic (exact) mass is 339 g/mol. The summed E-state index contributed by atoms with van der Waals surface area (Å²) in [5.41, 5.74) is 1.90. The highest BCUT2D eigenvalue weighted by Gasteiger charge is 2.09. The maximum atomic E-state index is 11.8. The van der Waals surface area contributed by atoms with Crippen molar-refractivity contribution in [1.29, 1.82) is 5.26 Å². The molecule has 25 heavy (non-hydrogen) atoms. The number of H-pyrrole nitrogens is 1. The Labute approximate surface area is 146 Å². The van der Waals surface area contributed by atoms with E-state index >= 15 is 0 Å². The molecule has 1 aliphatic rings. The van der Waals surface area contributed by atoms with E-state index in [-0.39, 0.29) is 23.8 Å². The lowest BCUT2D eigenvalue weighted by Gasteiger charge is -2.10. The predicted molar refractivity (Wildman–Crippen MR) is 94.3 cm³/mol. The van der Waals surface area contributed by atoms with Gasteiger partial charge in [0.05, 0.1) is 12.7 Å². The topological polar surface area (TPSA) is 111 Å². The summed E-state index contributed by atoms with van der Waals surface area (Å²) >= 11 is 0. The quantitative estimate of drug-likeness (QED) is 0.585. The molecule has 1 aromatic heterocycles. The lowest BCUT2D eigenvalue weighted by atomic mass is 10.00. The maximum absolute atomic E-state index is 11.8. The van der Waals surface area contributed by atoms with Crippen LogP contribution in [0.2, 0.25) is 0 Å². The number of nitrogens with one attached hydrogen (secondary N) is 2. The Kier molecular flexibility index (Phi) is 6.84. The lowest BCUT2D eigenvalue weighted by molar-refractivity contribution is -0.111. The van der Waals surface area contributed by atoms with Crippen molar-refractivity contribution in [3.05, 3.63) is 41.5 Å². The Bertz CT molecular complexity index is 765. The van der Waals surface area contributed by atoms with Crippen LogP contribution >= 0.6 is 0 Å². The molecule has 1 heterocycles. The summed E-state index contributed by atoms with van der Waals surface area (Å²) in [5.74, 6) is -0.446. The van der Waals surface area contributed by atoms with Gasteiger partial charge in [0.2, 0.25) is 0 Å². The molecule has 7 nitrogen and oxygen atoms in total. The number of imidazole rings is 1. The summed E-state index contributed by atoms with van der Waals surface area (Å²) in [4.78, 5) is 34.3. The average Bonchev–Trinajstić information content (AvgIpc) is 3.10. The van der Waals surface area contributed by atoms with Crippen molar-refractivity contribution in [2.45, 2.75) is 32.6 Å². The molecular weight excluding hydrogens is 318 g/mol. The largest absolute Gasteiger partial charge is 0.346 e. The molecule has 2 rings (SSSR count). The number of hydrogen-bond donors (Lipinski definition) is 2. The van der Waals surface area contributed by atoms with Crippen LogP contribution in [0, 0.1) is 11.3 Å². The molecule has 0 spiro atoms. The van der Waals surface area contributed by atoms with E-state index in [0.29, 0.717) is 12.3 Å². The first-order valence-corrected chi connectivity index (χ1v) is 8.23. The zero-order valence-corrected chi connectivity index (χ0v) is 14.2. The summed E-state index contributed by atoms with van der Waals surface area (Å²) in [7, 11) is 0. The SMILES string of the molecule is CC(=O)C(/C=C\CNC(=O)c1ncc(C#N)[nH]1)=N/CC1=CCCCC1. The van der Waals surface area contributed by atoms with E-state index in [1.54, 1.807) is 12.2 Å². The van der Waals surface area contributed by atoms with E-state index in [4.69, 9.17) is 5.26 Å². The summed E-state index contributed by atoms with van der Waals surface area (Å²) in [6.45, 7) is 2.26. The molecule has 0 bridgehead atoms. The fraction of sp³-hybridized carbons (Fsp3) is 0.389. The van der Waals surface area contributed by atoms with Gasteiger partial charge in [-0.1, -0.05) is 17.7 Å². The fourth-order valence-electron chi connectivity index (χ4n) is 2.42. The Hall–Kier alpha value is -3.01. The number of amides is 1. The van der Waals surface area contributed by atoms with Gasteiger partial charge in [-0.3, -0.25) is 14.6 Å². The van der Waals surface area contributed by atoms with Gasteiger partial charge in [-0.2, -0.15) is 5.26 Å². The van der Waals surface area contributed by atoms with Gasteiger partial charge >= 0.3 is 0 Å².